The van der Waals surface area contributed by atoms with E-state index in [1.807, 2.05) is 4.90 Å². The number of pyridine rings is 1. The molecule has 4 rings (SSSR count). The lowest BCUT2D eigenvalue weighted by Gasteiger charge is -2.34. The van der Waals surface area contributed by atoms with E-state index in [1.54, 1.807) is 24.4 Å². The van der Waals surface area contributed by atoms with Gasteiger partial charge in [-0.1, -0.05) is 0 Å². The third-order valence-electron chi connectivity index (χ3n) is 4.57. The van der Waals surface area contributed by atoms with E-state index in [0.717, 1.165) is 0 Å². The van der Waals surface area contributed by atoms with Crippen LogP contribution in [0.25, 0.3) is 11.0 Å². The highest BCUT2D eigenvalue weighted by Crippen LogP contribution is 2.23. The van der Waals surface area contributed by atoms with Crippen LogP contribution in [0.4, 0.5) is 5.82 Å². The molecule has 27 heavy (non-hydrogen) atoms. The van der Waals surface area contributed by atoms with E-state index in [2.05, 4.69) is 21.0 Å². The minimum absolute atomic E-state index is 0.134. The monoisotopic (exact) mass is 384 g/mol. The standard InChI is InChI=1S/C17H16N6O3S/c18-11-12-2-1-5-19-16(12)22-6-8-23(9-7-22)27(25,26)13-3-4-14-15(10-13)21-17(24)20-14/h1-5,10H,6-9H2,(H2,20,21,24). The van der Waals surface area contributed by atoms with E-state index >= 15 is 0 Å². The molecule has 0 saturated carbocycles. The van der Waals surface area contributed by atoms with Crippen LogP contribution in [-0.4, -0.2) is 53.9 Å². The number of fused-ring (bicyclic) bond motifs is 1. The number of benzene rings is 1. The van der Waals surface area contributed by atoms with Crippen LogP contribution in [0.5, 0.6) is 0 Å². The van der Waals surface area contributed by atoms with E-state index in [-0.39, 0.29) is 23.7 Å². The molecule has 0 aliphatic carbocycles. The Kier molecular flexibility index (Phi) is 4.18. The van der Waals surface area contributed by atoms with Crippen LogP contribution in [-0.2, 0) is 10.0 Å². The third-order valence-corrected chi connectivity index (χ3v) is 6.47. The van der Waals surface area contributed by atoms with Crippen LogP contribution >= 0.6 is 0 Å². The summed E-state index contributed by atoms with van der Waals surface area (Å²) < 4.78 is 27.3. The van der Waals surface area contributed by atoms with Crippen molar-refractivity contribution in [1.82, 2.24) is 19.3 Å². The zero-order valence-corrected chi connectivity index (χ0v) is 15.0. The molecule has 0 spiro atoms. The summed E-state index contributed by atoms with van der Waals surface area (Å²) in [5, 5.41) is 9.22. The number of anilines is 1. The van der Waals surface area contributed by atoms with Gasteiger partial charge in [-0.3, -0.25) is 0 Å². The highest BCUT2D eigenvalue weighted by atomic mass is 32.2. The maximum atomic E-state index is 12.9. The molecule has 9 nitrogen and oxygen atoms in total. The van der Waals surface area contributed by atoms with Gasteiger partial charge in [0.2, 0.25) is 10.0 Å². The first-order chi connectivity index (χ1) is 13.0. The van der Waals surface area contributed by atoms with Gasteiger partial charge in [0, 0.05) is 32.4 Å². The van der Waals surface area contributed by atoms with Gasteiger partial charge in [0.1, 0.15) is 11.9 Å². The quantitative estimate of drug-likeness (QED) is 0.682. The largest absolute Gasteiger partial charge is 0.353 e. The van der Waals surface area contributed by atoms with Crippen molar-refractivity contribution in [1.29, 1.82) is 5.26 Å². The first-order valence-corrected chi connectivity index (χ1v) is 9.75. The minimum atomic E-state index is -3.68. The van der Waals surface area contributed by atoms with Crippen LogP contribution in [0.2, 0.25) is 0 Å². The van der Waals surface area contributed by atoms with Crippen molar-refractivity contribution in [3.8, 4) is 6.07 Å². The second-order valence-corrected chi connectivity index (χ2v) is 8.10. The molecule has 10 heteroatoms. The van der Waals surface area contributed by atoms with Crippen molar-refractivity contribution in [3.05, 3.63) is 52.6 Å². The summed E-state index contributed by atoms with van der Waals surface area (Å²) in [7, 11) is -3.68. The highest BCUT2D eigenvalue weighted by Gasteiger charge is 2.29. The van der Waals surface area contributed by atoms with Crippen LogP contribution in [0.3, 0.4) is 0 Å². The topological polar surface area (TPSA) is 126 Å². The zero-order valence-electron chi connectivity index (χ0n) is 14.2. The number of nitrogens with one attached hydrogen (secondary N) is 2. The maximum absolute atomic E-state index is 12.9. The summed E-state index contributed by atoms with van der Waals surface area (Å²) in [4.78, 5) is 22.8. The van der Waals surface area contributed by atoms with Crippen LogP contribution < -0.4 is 10.6 Å². The maximum Gasteiger partial charge on any atom is 0.323 e. The van der Waals surface area contributed by atoms with Crippen molar-refractivity contribution >= 4 is 26.9 Å². The summed E-state index contributed by atoms with van der Waals surface area (Å²) in [5.74, 6) is 0.573. The van der Waals surface area contributed by atoms with Gasteiger partial charge in [0.05, 0.1) is 21.5 Å². The van der Waals surface area contributed by atoms with E-state index in [1.165, 1.54) is 16.4 Å². The Labute approximate surface area is 154 Å². The van der Waals surface area contributed by atoms with Gasteiger partial charge in [-0.15, -0.1) is 0 Å². The summed E-state index contributed by atoms with van der Waals surface area (Å²) in [5.41, 5.74) is 1.10. The molecule has 0 atom stereocenters. The number of aromatic amines is 2. The molecular weight excluding hydrogens is 368 g/mol. The Hall–Kier alpha value is -3.16. The number of aromatic nitrogens is 3. The van der Waals surface area contributed by atoms with Crippen molar-refractivity contribution < 1.29 is 8.42 Å². The number of nitrogens with zero attached hydrogens (tertiary/aromatic N) is 4. The number of sulfonamides is 1. The SMILES string of the molecule is N#Cc1cccnc1N1CCN(S(=O)(=O)c2ccc3[nH]c(=O)[nH]c3c2)CC1. The summed E-state index contributed by atoms with van der Waals surface area (Å²) in [6.07, 6.45) is 1.62. The Morgan fingerprint density at radius 1 is 1.07 bits per heavy atom. The number of piperazine rings is 1. The molecule has 0 unspecified atom stereocenters. The Morgan fingerprint density at radius 2 is 1.81 bits per heavy atom. The fraction of sp³-hybridized carbons (Fsp3) is 0.235. The molecule has 0 radical (unpaired) electrons. The molecule has 0 bridgehead atoms. The van der Waals surface area contributed by atoms with E-state index in [9.17, 15) is 18.5 Å². The third kappa shape index (κ3) is 3.07. The van der Waals surface area contributed by atoms with Gasteiger partial charge in [-0.2, -0.15) is 9.57 Å². The van der Waals surface area contributed by atoms with E-state index in [4.69, 9.17) is 0 Å². The summed E-state index contributed by atoms with van der Waals surface area (Å²) >= 11 is 0. The number of hydrogen-bond acceptors (Lipinski definition) is 6. The van der Waals surface area contributed by atoms with Crippen molar-refractivity contribution in [2.75, 3.05) is 31.1 Å². The lowest BCUT2D eigenvalue weighted by molar-refractivity contribution is 0.384. The number of rotatable bonds is 3. The van der Waals surface area contributed by atoms with Gasteiger partial charge in [0.25, 0.3) is 0 Å². The molecular formula is C17H16N6O3S. The van der Waals surface area contributed by atoms with Gasteiger partial charge in [-0.25, -0.2) is 18.2 Å². The van der Waals surface area contributed by atoms with Crippen LogP contribution in [0.15, 0.2) is 46.2 Å². The Bertz CT molecular complexity index is 1200. The molecule has 1 aliphatic heterocycles. The first-order valence-electron chi connectivity index (χ1n) is 8.31. The molecule has 3 aromatic rings. The molecule has 2 aromatic heterocycles. The van der Waals surface area contributed by atoms with Crippen molar-refractivity contribution in [3.63, 3.8) is 0 Å². The Morgan fingerprint density at radius 3 is 2.56 bits per heavy atom. The number of hydrogen-bond donors (Lipinski definition) is 2. The molecule has 1 aliphatic rings. The fourth-order valence-corrected chi connectivity index (χ4v) is 4.65. The number of H-pyrrole nitrogens is 2. The van der Waals surface area contributed by atoms with Gasteiger partial charge in [0.15, 0.2) is 0 Å². The minimum Gasteiger partial charge on any atom is -0.353 e. The molecule has 138 valence electrons. The van der Waals surface area contributed by atoms with Gasteiger partial charge >= 0.3 is 5.69 Å². The molecule has 0 amide bonds. The van der Waals surface area contributed by atoms with Crippen LogP contribution in [0, 0.1) is 11.3 Å². The number of imidazole rings is 1. The number of nitriles is 1. The van der Waals surface area contributed by atoms with Gasteiger partial charge in [-0.05, 0) is 30.3 Å². The molecule has 2 N–H and O–H groups in total. The molecule has 1 fully saturated rings. The Balaban J connectivity index is 1.56. The van der Waals surface area contributed by atoms with E-state index in [0.29, 0.717) is 35.5 Å². The second kappa shape index (κ2) is 6.53. The predicted octanol–water partition coefficient (Wildman–Crippen LogP) is 0.634. The second-order valence-electron chi connectivity index (χ2n) is 6.16. The molecule has 1 saturated heterocycles. The van der Waals surface area contributed by atoms with Gasteiger partial charge < -0.3 is 14.9 Å². The lowest BCUT2D eigenvalue weighted by atomic mass is 10.2. The van der Waals surface area contributed by atoms with Crippen molar-refractivity contribution in [2.24, 2.45) is 0 Å². The zero-order chi connectivity index (χ0) is 19.0. The van der Waals surface area contributed by atoms with Crippen LogP contribution in [0.1, 0.15) is 5.56 Å². The summed E-state index contributed by atoms with van der Waals surface area (Å²) in [6, 6.07) is 10.0. The highest BCUT2D eigenvalue weighted by molar-refractivity contribution is 7.89. The molecule has 3 heterocycles. The average molecular weight is 384 g/mol. The van der Waals surface area contributed by atoms with Crippen molar-refractivity contribution in [2.45, 2.75) is 4.90 Å². The fourth-order valence-electron chi connectivity index (χ4n) is 3.20. The summed E-state index contributed by atoms with van der Waals surface area (Å²) in [6.45, 7) is 1.44. The normalized spacial score (nSPS) is 15.7. The predicted molar refractivity (Wildman–Crippen MR) is 98.8 cm³/mol. The van der Waals surface area contributed by atoms with E-state index < -0.39 is 10.0 Å². The first kappa shape index (κ1) is 17.3. The smallest absolute Gasteiger partial charge is 0.323 e. The lowest BCUT2D eigenvalue weighted by Crippen LogP contribution is -2.49. The molecule has 1 aromatic carbocycles. The average Bonchev–Trinajstić information content (AvgIpc) is 3.07.